The summed E-state index contributed by atoms with van der Waals surface area (Å²) in [5.74, 6) is 0.169. The molecule has 172 valence electrons. The van der Waals surface area contributed by atoms with Crippen LogP contribution in [0.3, 0.4) is 0 Å². The van der Waals surface area contributed by atoms with Crippen LogP contribution in [0.5, 0.6) is 0 Å². The van der Waals surface area contributed by atoms with Gasteiger partial charge in [0.2, 0.25) is 5.91 Å². The Morgan fingerprint density at radius 3 is 2.48 bits per heavy atom. The number of nitrogens with zero attached hydrogens (tertiary/aromatic N) is 5. The third kappa shape index (κ3) is 5.20. The zero-order chi connectivity index (χ0) is 23.2. The lowest BCUT2D eigenvalue weighted by Crippen LogP contribution is -2.42. The molecule has 0 radical (unpaired) electrons. The summed E-state index contributed by atoms with van der Waals surface area (Å²) < 4.78 is 0. The fourth-order valence-electron chi connectivity index (χ4n) is 4.39. The third-order valence-corrected chi connectivity index (χ3v) is 6.27. The van der Waals surface area contributed by atoms with E-state index in [2.05, 4.69) is 9.88 Å². The second-order valence-corrected chi connectivity index (χ2v) is 8.30. The van der Waals surface area contributed by atoms with E-state index in [1.165, 1.54) is 0 Å². The standard InChI is InChI=1S/C26H31N5O2/c1-3-30(4-2)25(32)19-29-14-7-15-31(17-16-29)26(33)22-18-24(20-10-12-27-13-11-20)28-23-9-6-5-8-21(22)23/h5-6,8-13,18H,3-4,7,14-17,19H2,1-2H3. The minimum Gasteiger partial charge on any atom is -0.342 e. The molecule has 7 heteroatoms. The van der Waals surface area contributed by atoms with Gasteiger partial charge in [-0.05, 0) is 44.5 Å². The number of hydrogen-bond donors (Lipinski definition) is 0. The second-order valence-electron chi connectivity index (χ2n) is 8.30. The highest BCUT2D eigenvalue weighted by molar-refractivity contribution is 6.07. The molecule has 1 saturated heterocycles. The van der Waals surface area contributed by atoms with Gasteiger partial charge in [0.1, 0.15) is 0 Å². The number of carbonyl (C=O) groups excluding carboxylic acids is 2. The van der Waals surface area contributed by atoms with Gasteiger partial charge in [0.25, 0.3) is 5.91 Å². The lowest BCUT2D eigenvalue weighted by Gasteiger charge is -2.25. The molecule has 0 bridgehead atoms. The maximum absolute atomic E-state index is 13.7. The van der Waals surface area contributed by atoms with E-state index in [0.29, 0.717) is 31.7 Å². The quantitative estimate of drug-likeness (QED) is 0.582. The summed E-state index contributed by atoms with van der Waals surface area (Å²) in [4.78, 5) is 41.0. The Morgan fingerprint density at radius 2 is 1.73 bits per heavy atom. The topological polar surface area (TPSA) is 69.6 Å². The first-order chi connectivity index (χ1) is 16.1. The molecule has 1 fully saturated rings. The van der Waals surface area contributed by atoms with Crippen LogP contribution in [0.15, 0.2) is 54.9 Å². The predicted molar refractivity (Wildman–Crippen MR) is 130 cm³/mol. The van der Waals surface area contributed by atoms with Crippen molar-refractivity contribution in [3.8, 4) is 11.3 Å². The summed E-state index contributed by atoms with van der Waals surface area (Å²) in [6.45, 7) is 8.66. The fourth-order valence-corrected chi connectivity index (χ4v) is 4.39. The number of pyridine rings is 2. The average Bonchev–Trinajstić information content (AvgIpc) is 3.09. The molecule has 7 nitrogen and oxygen atoms in total. The molecule has 1 aromatic carbocycles. The number of aromatic nitrogens is 2. The van der Waals surface area contributed by atoms with Crippen molar-refractivity contribution in [3.05, 3.63) is 60.4 Å². The molecular weight excluding hydrogens is 414 g/mol. The molecular formula is C26H31N5O2. The molecule has 0 aliphatic carbocycles. The van der Waals surface area contributed by atoms with Crippen molar-refractivity contribution in [3.63, 3.8) is 0 Å². The van der Waals surface area contributed by atoms with Crippen LogP contribution < -0.4 is 0 Å². The van der Waals surface area contributed by atoms with Crippen molar-refractivity contribution in [2.45, 2.75) is 20.3 Å². The van der Waals surface area contributed by atoms with E-state index in [1.54, 1.807) is 12.4 Å². The molecule has 2 amide bonds. The van der Waals surface area contributed by atoms with Crippen LogP contribution in [0, 0.1) is 0 Å². The summed E-state index contributed by atoms with van der Waals surface area (Å²) in [7, 11) is 0. The van der Waals surface area contributed by atoms with E-state index in [-0.39, 0.29) is 11.8 Å². The molecule has 2 aromatic heterocycles. The van der Waals surface area contributed by atoms with Gasteiger partial charge in [-0.25, -0.2) is 4.98 Å². The van der Waals surface area contributed by atoms with Gasteiger partial charge >= 0.3 is 0 Å². The van der Waals surface area contributed by atoms with Gasteiger partial charge in [-0.1, -0.05) is 18.2 Å². The molecule has 0 saturated carbocycles. The number of benzene rings is 1. The van der Waals surface area contributed by atoms with E-state index in [9.17, 15) is 9.59 Å². The summed E-state index contributed by atoms with van der Waals surface area (Å²) >= 11 is 0. The van der Waals surface area contributed by atoms with Crippen LogP contribution >= 0.6 is 0 Å². The molecule has 0 spiro atoms. The Morgan fingerprint density at radius 1 is 0.970 bits per heavy atom. The highest BCUT2D eigenvalue weighted by Crippen LogP contribution is 2.26. The largest absolute Gasteiger partial charge is 0.342 e. The average molecular weight is 446 g/mol. The van der Waals surface area contributed by atoms with Gasteiger partial charge in [-0.15, -0.1) is 0 Å². The van der Waals surface area contributed by atoms with Crippen LogP contribution in [0.1, 0.15) is 30.6 Å². The van der Waals surface area contributed by atoms with E-state index >= 15 is 0 Å². The number of para-hydroxylation sites is 1. The Balaban J connectivity index is 1.55. The highest BCUT2D eigenvalue weighted by Gasteiger charge is 2.24. The van der Waals surface area contributed by atoms with Gasteiger partial charge in [-0.3, -0.25) is 19.5 Å². The molecule has 4 rings (SSSR count). The van der Waals surface area contributed by atoms with E-state index in [1.807, 2.05) is 66.1 Å². The molecule has 1 aliphatic rings. The monoisotopic (exact) mass is 445 g/mol. The molecule has 0 N–H and O–H groups in total. The number of carbonyl (C=O) groups is 2. The zero-order valence-corrected chi connectivity index (χ0v) is 19.4. The van der Waals surface area contributed by atoms with Crippen molar-refractivity contribution in [1.82, 2.24) is 24.7 Å². The van der Waals surface area contributed by atoms with Crippen molar-refractivity contribution in [2.24, 2.45) is 0 Å². The number of hydrogen-bond acceptors (Lipinski definition) is 5. The first-order valence-corrected chi connectivity index (χ1v) is 11.7. The van der Waals surface area contributed by atoms with Crippen LogP contribution in [0.4, 0.5) is 0 Å². The molecule has 3 heterocycles. The SMILES string of the molecule is CCN(CC)C(=O)CN1CCCN(C(=O)c2cc(-c3ccncc3)nc3ccccc23)CC1. The van der Waals surface area contributed by atoms with Crippen LogP contribution in [-0.2, 0) is 4.79 Å². The summed E-state index contributed by atoms with van der Waals surface area (Å²) in [5, 5.41) is 0.859. The predicted octanol–water partition coefficient (Wildman–Crippen LogP) is 3.31. The first-order valence-electron chi connectivity index (χ1n) is 11.7. The Hall–Kier alpha value is -3.32. The smallest absolute Gasteiger partial charge is 0.254 e. The lowest BCUT2D eigenvalue weighted by atomic mass is 10.0. The number of rotatable bonds is 6. The van der Waals surface area contributed by atoms with Gasteiger partial charge < -0.3 is 9.80 Å². The van der Waals surface area contributed by atoms with Crippen molar-refractivity contribution in [2.75, 3.05) is 45.8 Å². The maximum Gasteiger partial charge on any atom is 0.254 e. The molecule has 0 unspecified atom stereocenters. The first kappa shape index (κ1) is 22.9. The fraction of sp³-hybridized carbons (Fsp3) is 0.385. The van der Waals surface area contributed by atoms with Gasteiger partial charge in [0, 0.05) is 62.6 Å². The molecule has 0 atom stereocenters. The van der Waals surface area contributed by atoms with E-state index in [0.717, 1.165) is 48.2 Å². The third-order valence-electron chi connectivity index (χ3n) is 6.27. The molecule has 1 aliphatic heterocycles. The maximum atomic E-state index is 13.7. The minimum absolute atomic E-state index is 0.0147. The number of amides is 2. The van der Waals surface area contributed by atoms with Crippen LogP contribution in [0.2, 0.25) is 0 Å². The van der Waals surface area contributed by atoms with E-state index < -0.39 is 0 Å². The Labute approximate surface area is 195 Å². The van der Waals surface area contributed by atoms with Gasteiger partial charge in [0.15, 0.2) is 0 Å². The van der Waals surface area contributed by atoms with Crippen LogP contribution in [-0.4, -0.2) is 82.3 Å². The van der Waals surface area contributed by atoms with Gasteiger partial charge in [0.05, 0.1) is 23.3 Å². The van der Waals surface area contributed by atoms with Gasteiger partial charge in [-0.2, -0.15) is 0 Å². The van der Waals surface area contributed by atoms with Crippen LogP contribution in [0.25, 0.3) is 22.2 Å². The normalized spacial score (nSPS) is 14.8. The minimum atomic E-state index is 0.0147. The summed E-state index contributed by atoms with van der Waals surface area (Å²) in [6.07, 6.45) is 4.31. The highest BCUT2D eigenvalue weighted by atomic mass is 16.2. The van der Waals surface area contributed by atoms with Crippen molar-refractivity contribution < 1.29 is 9.59 Å². The second kappa shape index (κ2) is 10.5. The Kier molecular flexibility index (Phi) is 7.29. The van der Waals surface area contributed by atoms with E-state index in [4.69, 9.17) is 4.98 Å². The number of likely N-dealkylation sites (N-methyl/N-ethyl adjacent to an activating group) is 1. The Bertz CT molecular complexity index is 1110. The summed E-state index contributed by atoms with van der Waals surface area (Å²) in [6, 6.07) is 13.5. The van der Waals surface area contributed by atoms with Crippen molar-refractivity contribution in [1.29, 1.82) is 0 Å². The zero-order valence-electron chi connectivity index (χ0n) is 19.4. The molecule has 3 aromatic rings. The molecule has 33 heavy (non-hydrogen) atoms. The number of fused-ring (bicyclic) bond motifs is 1. The lowest BCUT2D eigenvalue weighted by molar-refractivity contribution is -0.132. The van der Waals surface area contributed by atoms with Crippen molar-refractivity contribution >= 4 is 22.7 Å². The summed E-state index contributed by atoms with van der Waals surface area (Å²) in [5.41, 5.74) is 3.17.